The molecule has 1 aromatic carbocycles. The smallest absolute Gasteiger partial charge is 0.408 e. The first-order valence-corrected chi connectivity index (χ1v) is 13.8. The molecule has 36 heavy (non-hydrogen) atoms. The lowest BCUT2D eigenvalue weighted by Gasteiger charge is -2.36. The zero-order valence-corrected chi connectivity index (χ0v) is 23.6. The van der Waals surface area contributed by atoms with Gasteiger partial charge in [0.2, 0.25) is 11.8 Å². The maximum Gasteiger partial charge on any atom is 0.408 e. The van der Waals surface area contributed by atoms with Crippen molar-refractivity contribution >= 4 is 29.7 Å². The summed E-state index contributed by atoms with van der Waals surface area (Å²) in [5.41, 5.74) is 0.167. The number of thioether (sulfide) groups is 1. The first-order chi connectivity index (χ1) is 16.7. The van der Waals surface area contributed by atoms with Crippen molar-refractivity contribution in [3.05, 3.63) is 35.4 Å². The third-order valence-corrected chi connectivity index (χ3v) is 6.34. The van der Waals surface area contributed by atoms with Crippen LogP contribution in [-0.2, 0) is 14.3 Å². The van der Waals surface area contributed by atoms with Gasteiger partial charge in [0.15, 0.2) is 0 Å². The van der Waals surface area contributed by atoms with Gasteiger partial charge in [0.1, 0.15) is 17.7 Å². The Morgan fingerprint density at radius 3 is 2.19 bits per heavy atom. The Labute approximate surface area is 220 Å². The molecule has 4 atom stereocenters. The Morgan fingerprint density at radius 1 is 1.17 bits per heavy atom. The maximum atomic E-state index is 14.1. The molecule has 0 aromatic heterocycles. The van der Waals surface area contributed by atoms with Gasteiger partial charge in [-0.1, -0.05) is 25.0 Å². The molecule has 3 amide bonds. The van der Waals surface area contributed by atoms with Crippen molar-refractivity contribution in [1.82, 2.24) is 15.5 Å². The second kappa shape index (κ2) is 12.1. The van der Waals surface area contributed by atoms with Crippen LogP contribution in [0, 0.1) is 18.3 Å². The first kappa shape index (κ1) is 29.6. The lowest BCUT2D eigenvalue weighted by atomic mass is 9.99. The van der Waals surface area contributed by atoms with E-state index in [-0.39, 0.29) is 23.8 Å². The van der Waals surface area contributed by atoms with Crippen LogP contribution in [-0.4, -0.2) is 58.0 Å². The van der Waals surface area contributed by atoms with E-state index < -0.39 is 29.3 Å². The van der Waals surface area contributed by atoms with Crippen molar-refractivity contribution in [1.29, 1.82) is 0 Å². The highest BCUT2D eigenvalue weighted by atomic mass is 32.2. The predicted octanol–water partition coefficient (Wildman–Crippen LogP) is 4.51. The van der Waals surface area contributed by atoms with E-state index in [1.165, 1.54) is 0 Å². The minimum Gasteiger partial charge on any atom is -0.444 e. The first-order valence-electron chi connectivity index (χ1n) is 12.4. The number of hydrogen-bond donors (Lipinski definition) is 2. The van der Waals surface area contributed by atoms with Gasteiger partial charge in [-0.2, -0.15) is 11.8 Å². The lowest BCUT2D eigenvalue weighted by molar-refractivity contribution is -0.144. The Morgan fingerprint density at radius 2 is 1.75 bits per heavy atom. The number of benzene rings is 1. The van der Waals surface area contributed by atoms with Crippen LogP contribution in [0.1, 0.15) is 78.5 Å². The van der Waals surface area contributed by atoms with E-state index in [1.54, 1.807) is 61.7 Å². The second-order valence-electron chi connectivity index (χ2n) is 11.4. The van der Waals surface area contributed by atoms with E-state index in [0.717, 1.165) is 6.42 Å². The summed E-state index contributed by atoms with van der Waals surface area (Å²) in [7, 11) is 0. The van der Waals surface area contributed by atoms with Gasteiger partial charge in [0.25, 0.3) is 0 Å². The summed E-state index contributed by atoms with van der Waals surface area (Å²) in [5, 5.41) is 5.82. The molecule has 2 N–H and O–H groups in total. The van der Waals surface area contributed by atoms with Gasteiger partial charge in [0.05, 0.1) is 0 Å². The molecule has 0 saturated heterocycles. The molecule has 8 heteroatoms. The fourth-order valence-corrected chi connectivity index (χ4v) is 4.40. The molecule has 1 aromatic rings. The van der Waals surface area contributed by atoms with E-state index in [4.69, 9.17) is 11.2 Å². The highest BCUT2D eigenvalue weighted by Crippen LogP contribution is 2.41. The zero-order valence-electron chi connectivity index (χ0n) is 22.8. The quantitative estimate of drug-likeness (QED) is 0.473. The highest BCUT2D eigenvalue weighted by molar-refractivity contribution is 7.98. The van der Waals surface area contributed by atoms with Crippen molar-refractivity contribution in [3.8, 4) is 12.3 Å². The van der Waals surface area contributed by atoms with Crippen LogP contribution in [0.5, 0.6) is 0 Å². The Balaban J connectivity index is 2.50. The Bertz CT molecular complexity index is 972. The molecule has 0 aliphatic heterocycles. The van der Waals surface area contributed by atoms with Crippen molar-refractivity contribution in [3.63, 3.8) is 0 Å². The fraction of sp³-hybridized carbons (Fsp3) is 0.607. The molecular weight excluding hydrogens is 474 g/mol. The average Bonchev–Trinajstić information content (AvgIpc) is 3.47. The molecule has 0 spiro atoms. The summed E-state index contributed by atoms with van der Waals surface area (Å²) in [6, 6.07) is 5.34. The SMILES string of the molecule is C#Cc1ccc(C(C(=O)NC(C)(C)C)N(C(=O)C(CCSC)NC(=O)OC(C)(C)C)C2CC2C)cc1. The summed E-state index contributed by atoms with van der Waals surface area (Å²) in [6.07, 6.45) is 8.03. The Hall–Kier alpha value is -2.66. The topological polar surface area (TPSA) is 87.7 Å². The van der Waals surface area contributed by atoms with Gasteiger partial charge in [0, 0.05) is 17.1 Å². The van der Waals surface area contributed by atoms with Gasteiger partial charge in [-0.05, 0) is 90.0 Å². The average molecular weight is 516 g/mol. The number of terminal acetylenes is 1. The van der Waals surface area contributed by atoms with E-state index in [2.05, 4.69) is 23.5 Å². The second-order valence-corrected chi connectivity index (χ2v) is 12.4. The minimum absolute atomic E-state index is 0.113. The van der Waals surface area contributed by atoms with Crippen LogP contribution in [0.4, 0.5) is 4.79 Å². The summed E-state index contributed by atoms with van der Waals surface area (Å²) in [6.45, 7) is 13.1. The molecule has 1 aliphatic carbocycles. The highest BCUT2D eigenvalue weighted by Gasteiger charge is 2.48. The third kappa shape index (κ3) is 8.77. The summed E-state index contributed by atoms with van der Waals surface area (Å²) >= 11 is 1.59. The molecule has 7 nitrogen and oxygen atoms in total. The third-order valence-electron chi connectivity index (χ3n) is 5.70. The molecule has 0 radical (unpaired) electrons. The number of alkyl carbamates (subject to hydrolysis) is 1. The number of amides is 3. The largest absolute Gasteiger partial charge is 0.444 e. The number of carbonyl (C=O) groups is 3. The van der Waals surface area contributed by atoms with Gasteiger partial charge >= 0.3 is 6.09 Å². The van der Waals surface area contributed by atoms with Crippen LogP contribution >= 0.6 is 11.8 Å². The monoisotopic (exact) mass is 515 g/mol. The number of carbonyl (C=O) groups excluding carboxylic acids is 3. The van der Waals surface area contributed by atoms with Crippen molar-refractivity contribution in [2.75, 3.05) is 12.0 Å². The minimum atomic E-state index is -0.865. The van der Waals surface area contributed by atoms with Crippen LogP contribution in [0.3, 0.4) is 0 Å². The van der Waals surface area contributed by atoms with Crippen molar-refractivity contribution in [2.24, 2.45) is 5.92 Å². The van der Waals surface area contributed by atoms with Gasteiger partial charge < -0.3 is 20.3 Å². The predicted molar refractivity (Wildman–Crippen MR) is 146 cm³/mol. The molecule has 1 saturated carbocycles. The van der Waals surface area contributed by atoms with E-state index in [0.29, 0.717) is 23.3 Å². The summed E-state index contributed by atoms with van der Waals surface area (Å²) in [4.78, 5) is 42.1. The number of hydrogen-bond acceptors (Lipinski definition) is 5. The standard InChI is InChI=1S/C28H41N3O4S/c1-10-19-11-13-20(14-12-19)23(24(32)30-27(3,4)5)31(22-17-18(22)2)25(33)21(15-16-36-9)29-26(34)35-28(6,7)8/h1,11-14,18,21-23H,15-17H2,2-9H3,(H,29,34)(H,30,32). The van der Waals surface area contributed by atoms with Crippen molar-refractivity contribution in [2.45, 2.75) is 90.6 Å². The van der Waals surface area contributed by atoms with Crippen LogP contribution in [0.15, 0.2) is 24.3 Å². The molecule has 0 heterocycles. The zero-order chi connectivity index (χ0) is 27.3. The molecular formula is C28H41N3O4S. The number of nitrogens with one attached hydrogen (secondary N) is 2. The van der Waals surface area contributed by atoms with Gasteiger partial charge in [-0.3, -0.25) is 9.59 Å². The van der Waals surface area contributed by atoms with Crippen LogP contribution in [0.2, 0.25) is 0 Å². The molecule has 4 unspecified atom stereocenters. The van der Waals surface area contributed by atoms with Crippen LogP contribution < -0.4 is 10.6 Å². The van der Waals surface area contributed by atoms with E-state index in [9.17, 15) is 14.4 Å². The summed E-state index contributed by atoms with van der Waals surface area (Å²) in [5.74, 6) is 2.93. The van der Waals surface area contributed by atoms with Gasteiger partial charge in [-0.25, -0.2) is 4.79 Å². The molecule has 2 rings (SSSR count). The van der Waals surface area contributed by atoms with Gasteiger partial charge in [-0.15, -0.1) is 6.42 Å². The normalized spacial score (nSPS) is 18.9. The molecule has 1 aliphatic rings. The number of rotatable bonds is 9. The number of ether oxygens (including phenoxy) is 1. The molecule has 0 bridgehead atoms. The van der Waals surface area contributed by atoms with Crippen LogP contribution in [0.25, 0.3) is 0 Å². The Kier molecular flexibility index (Phi) is 9.90. The molecule has 1 fully saturated rings. The fourth-order valence-electron chi connectivity index (χ4n) is 3.93. The molecule has 198 valence electrons. The lowest BCUT2D eigenvalue weighted by Crippen LogP contribution is -2.55. The van der Waals surface area contributed by atoms with E-state index in [1.807, 2.05) is 27.0 Å². The van der Waals surface area contributed by atoms with E-state index >= 15 is 0 Å². The summed E-state index contributed by atoms with van der Waals surface area (Å²) < 4.78 is 5.43. The van der Waals surface area contributed by atoms with Crippen molar-refractivity contribution < 1.29 is 19.1 Å². The number of nitrogens with zero attached hydrogens (tertiary/aromatic N) is 1. The maximum absolute atomic E-state index is 14.1.